The van der Waals surface area contributed by atoms with Crippen LogP contribution in [0.4, 0.5) is 8.78 Å². The van der Waals surface area contributed by atoms with E-state index in [0.29, 0.717) is 13.2 Å². The lowest BCUT2D eigenvalue weighted by molar-refractivity contribution is -0.122. The molecular weight excluding hydrogens is 326 g/mol. The Labute approximate surface area is 145 Å². The number of benzene rings is 1. The van der Waals surface area contributed by atoms with Gasteiger partial charge in [-0.25, -0.2) is 8.78 Å². The zero-order chi connectivity index (χ0) is 17.6. The van der Waals surface area contributed by atoms with Crippen LogP contribution in [-0.4, -0.2) is 24.1 Å². The van der Waals surface area contributed by atoms with Gasteiger partial charge in [-0.15, -0.1) is 0 Å². The predicted octanol–water partition coefficient (Wildman–Crippen LogP) is 3.19. The number of carbonyl (C=O) groups excluding carboxylic acids is 1. The second-order valence-corrected chi connectivity index (χ2v) is 6.19. The van der Waals surface area contributed by atoms with Crippen molar-refractivity contribution in [2.24, 2.45) is 5.92 Å². The standard InChI is InChI=1S/C19H20F2N2O2/c20-16-4-3-14(17(21)11-16)10-18(24)23-19(13-5-8-25-9-6-13)15-2-1-7-22-12-15/h1-4,7,11-13,19H,5-6,8-10H2,(H,23,24). The highest BCUT2D eigenvalue weighted by atomic mass is 19.1. The number of pyridine rings is 1. The van der Waals surface area contributed by atoms with Crippen molar-refractivity contribution in [2.75, 3.05) is 13.2 Å². The number of hydrogen-bond donors (Lipinski definition) is 1. The third-order valence-electron chi connectivity index (χ3n) is 4.46. The van der Waals surface area contributed by atoms with Crippen LogP contribution in [0.3, 0.4) is 0 Å². The highest BCUT2D eigenvalue weighted by molar-refractivity contribution is 5.79. The first kappa shape index (κ1) is 17.5. The molecular formula is C19H20F2N2O2. The van der Waals surface area contributed by atoms with E-state index in [0.717, 1.165) is 30.5 Å². The highest BCUT2D eigenvalue weighted by Gasteiger charge is 2.27. The van der Waals surface area contributed by atoms with Gasteiger partial charge in [0.05, 0.1) is 12.5 Å². The van der Waals surface area contributed by atoms with Gasteiger partial charge in [-0.05, 0) is 42.0 Å². The van der Waals surface area contributed by atoms with Crippen molar-refractivity contribution in [3.05, 3.63) is 65.5 Å². The largest absolute Gasteiger partial charge is 0.381 e. The number of amides is 1. The third-order valence-corrected chi connectivity index (χ3v) is 4.46. The second-order valence-electron chi connectivity index (χ2n) is 6.19. The van der Waals surface area contributed by atoms with Gasteiger partial charge in [0.1, 0.15) is 11.6 Å². The number of halogens is 2. The van der Waals surface area contributed by atoms with Gasteiger partial charge in [-0.2, -0.15) is 0 Å². The molecule has 0 radical (unpaired) electrons. The smallest absolute Gasteiger partial charge is 0.225 e. The SMILES string of the molecule is O=C(Cc1ccc(F)cc1F)NC(c1cccnc1)C1CCOCC1. The van der Waals surface area contributed by atoms with Crippen LogP contribution in [0.1, 0.15) is 30.0 Å². The van der Waals surface area contributed by atoms with E-state index in [2.05, 4.69) is 10.3 Å². The lowest BCUT2D eigenvalue weighted by Crippen LogP contribution is -2.37. The lowest BCUT2D eigenvalue weighted by atomic mass is 9.87. The van der Waals surface area contributed by atoms with Crippen LogP contribution >= 0.6 is 0 Å². The van der Waals surface area contributed by atoms with Gasteiger partial charge in [0.15, 0.2) is 0 Å². The molecule has 0 bridgehead atoms. The van der Waals surface area contributed by atoms with Crippen molar-refractivity contribution in [3.8, 4) is 0 Å². The number of aromatic nitrogens is 1. The van der Waals surface area contributed by atoms with Crippen molar-refractivity contribution in [2.45, 2.75) is 25.3 Å². The van der Waals surface area contributed by atoms with Crippen LogP contribution in [-0.2, 0) is 16.0 Å². The van der Waals surface area contributed by atoms with Gasteiger partial charge in [-0.3, -0.25) is 9.78 Å². The number of nitrogens with one attached hydrogen (secondary N) is 1. The molecule has 2 aromatic rings. The maximum Gasteiger partial charge on any atom is 0.225 e. The van der Waals surface area contributed by atoms with Crippen molar-refractivity contribution < 1.29 is 18.3 Å². The molecule has 132 valence electrons. The quantitative estimate of drug-likeness (QED) is 0.905. The Morgan fingerprint density at radius 3 is 2.76 bits per heavy atom. The first-order valence-electron chi connectivity index (χ1n) is 8.34. The number of nitrogens with zero attached hydrogens (tertiary/aromatic N) is 1. The molecule has 0 spiro atoms. The van der Waals surface area contributed by atoms with Crippen molar-refractivity contribution in [3.63, 3.8) is 0 Å². The van der Waals surface area contributed by atoms with Crippen molar-refractivity contribution >= 4 is 5.91 Å². The second kappa shape index (κ2) is 8.16. The lowest BCUT2D eigenvalue weighted by Gasteiger charge is -2.31. The summed E-state index contributed by atoms with van der Waals surface area (Å²) in [6, 6.07) is 6.80. The van der Waals surface area contributed by atoms with Gasteiger partial charge in [0.25, 0.3) is 0 Å². The average molecular weight is 346 g/mol. The summed E-state index contributed by atoms with van der Waals surface area (Å²) in [5.41, 5.74) is 1.10. The first-order chi connectivity index (χ1) is 12.1. The summed E-state index contributed by atoms with van der Waals surface area (Å²) in [6.07, 6.45) is 4.96. The Bertz CT molecular complexity index is 719. The third kappa shape index (κ3) is 4.60. The molecule has 4 nitrogen and oxygen atoms in total. The molecule has 0 aliphatic carbocycles. The van der Waals surface area contributed by atoms with E-state index in [1.165, 1.54) is 6.07 Å². The van der Waals surface area contributed by atoms with E-state index in [4.69, 9.17) is 4.74 Å². The normalized spacial score (nSPS) is 16.4. The topological polar surface area (TPSA) is 51.2 Å². The number of rotatable bonds is 5. The summed E-state index contributed by atoms with van der Waals surface area (Å²) < 4.78 is 32.2. The summed E-state index contributed by atoms with van der Waals surface area (Å²) in [7, 11) is 0. The van der Waals surface area contributed by atoms with Crippen LogP contribution < -0.4 is 5.32 Å². The van der Waals surface area contributed by atoms with Crippen molar-refractivity contribution in [1.29, 1.82) is 0 Å². The van der Waals surface area contributed by atoms with Crippen molar-refractivity contribution in [1.82, 2.24) is 10.3 Å². The molecule has 3 rings (SSSR count). The Kier molecular flexibility index (Phi) is 5.71. The fourth-order valence-corrected chi connectivity index (χ4v) is 3.14. The maximum absolute atomic E-state index is 13.8. The van der Waals surface area contributed by atoms with E-state index < -0.39 is 11.6 Å². The summed E-state index contributed by atoms with van der Waals surface area (Å²) in [4.78, 5) is 16.6. The molecule has 1 aromatic carbocycles. The minimum atomic E-state index is -0.709. The van der Waals surface area contributed by atoms with E-state index in [9.17, 15) is 13.6 Å². The van der Waals surface area contributed by atoms with Crippen LogP contribution in [0.25, 0.3) is 0 Å². The summed E-state index contributed by atoms with van der Waals surface area (Å²) in [6.45, 7) is 1.31. The van der Waals surface area contributed by atoms with Gasteiger partial charge >= 0.3 is 0 Å². The molecule has 1 saturated heterocycles. The molecule has 1 unspecified atom stereocenters. The Balaban J connectivity index is 1.73. The minimum Gasteiger partial charge on any atom is -0.381 e. The summed E-state index contributed by atoms with van der Waals surface area (Å²) in [5, 5.41) is 3.00. The molecule has 1 atom stereocenters. The molecule has 1 N–H and O–H groups in total. The van der Waals surface area contributed by atoms with E-state index >= 15 is 0 Å². The Hall–Kier alpha value is -2.34. The van der Waals surface area contributed by atoms with E-state index in [1.807, 2.05) is 12.1 Å². The monoisotopic (exact) mass is 346 g/mol. The van der Waals surface area contributed by atoms with Gasteiger partial charge < -0.3 is 10.1 Å². The molecule has 25 heavy (non-hydrogen) atoms. The van der Waals surface area contributed by atoms with Crippen LogP contribution in [0, 0.1) is 17.6 Å². The molecule has 1 fully saturated rings. The number of hydrogen-bond acceptors (Lipinski definition) is 3. The van der Waals surface area contributed by atoms with Crippen LogP contribution in [0.2, 0.25) is 0 Å². The Morgan fingerprint density at radius 2 is 2.08 bits per heavy atom. The number of carbonyl (C=O) groups is 1. The van der Waals surface area contributed by atoms with Crippen LogP contribution in [0.15, 0.2) is 42.7 Å². The van der Waals surface area contributed by atoms with E-state index in [1.54, 1.807) is 12.4 Å². The molecule has 1 aromatic heterocycles. The molecule has 1 aliphatic heterocycles. The molecule has 0 saturated carbocycles. The highest BCUT2D eigenvalue weighted by Crippen LogP contribution is 2.29. The van der Waals surface area contributed by atoms with Gasteiger partial charge in [0, 0.05) is 31.7 Å². The molecule has 6 heteroatoms. The van der Waals surface area contributed by atoms with E-state index in [-0.39, 0.29) is 29.9 Å². The predicted molar refractivity (Wildman–Crippen MR) is 88.7 cm³/mol. The average Bonchev–Trinajstić information content (AvgIpc) is 2.63. The zero-order valence-corrected chi connectivity index (χ0v) is 13.8. The van der Waals surface area contributed by atoms with Gasteiger partial charge in [-0.1, -0.05) is 12.1 Å². The zero-order valence-electron chi connectivity index (χ0n) is 13.8. The maximum atomic E-state index is 13.8. The fraction of sp³-hybridized carbons (Fsp3) is 0.368. The minimum absolute atomic E-state index is 0.133. The summed E-state index contributed by atoms with van der Waals surface area (Å²) >= 11 is 0. The fourth-order valence-electron chi connectivity index (χ4n) is 3.14. The van der Waals surface area contributed by atoms with Gasteiger partial charge in [0.2, 0.25) is 5.91 Å². The molecule has 1 aliphatic rings. The van der Waals surface area contributed by atoms with Crippen LogP contribution in [0.5, 0.6) is 0 Å². The summed E-state index contributed by atoms with van der Waals surface area (Å²) in [5.74, 6) is -1.43. The molecule has 1 amide bonds. The Morgan fingerprint density at radius 1 is 1.28 bits per heavy atom. The molecule has 2 heterocycles. The number of ether oxygens (including phenoxy) is 1. The first-order valence-corrected chi connectivity index (χ1v) is 8.34.